The molecule has 0 aliphatic rings. The summed E-state index contributed by atoms with van der Waals surface area (Å²) in [5, 5.41) is 2.35. The van der Waals surface area contributed by atoms with Gasteiger partial charge in [0.05, 0.1) is 0 Å². The highest BCUT2D eigenvalue weighted by atomic mass is 19.1. The Morgan fingerprint density at radius 1 is 1.04 bits per heavy atom. The minimum absolute atomic E-state index is 0.223. The zero-order valence-electron chi connectivity index (χ0n) is 14.0. The fourth-order valence-corrected chi connectivity index (χ4v) is 2.17. The zero-order valence-corrected chi connectivity index (χ0v) is 14.0. The van der Waals surface area contributed by atoms with Crippen LogP contribution in [0.4, 0.5) is 4.39 Å². The molecule has 0 heterocycles. The van der Waals surface area contributed by atoms with E-state index in [-0.39, 0.29) is 17.9 Å². The number of ether oxygens (including phenoxy) is 1. The molecule has 25 heavy (non-hydrogen) atoms. The molecule has 0 bridgehead atoms. The summed E-state index contributed by atoms with van der Waals surface area (Å²) in [5.74, 6) is -2.02. The summed E-state index contributed by atoms with van der Waals surface area (Å²) >= 11 is 0. The van der Waals surface area contributed by atoms with E-state index in [9.17, 15) is 18.8 Å². The maximum Gasteiger partial charge on any atom is 0.325 e. The van der Waals surface area contributed by atoms with Crippen molar-refractivity contribution in [2.45, 2.75) is 13.8 Å². The Hall–Kier alpha value is -3.02. The minimum Gasteiger partial charge on any atom is -0.456 e. The summed E-state index contributed by atoms with van der Waals surface area (Å²) in [7, 11) is 0. The van der Waals surface area contributed by atoms with E-state index < -0.39 is 24.3 Å². The molecule has 0 fully saturated rings. The van der Waals surface area contributed by atoms with Gasteiger partial charge in [-0.1, -0.05) is 17.7 Å². The Bertz CT molecular complexity index is 800. The lowest BCUT2D eigenvalue weighted by Gasteiger charge is -2.08. The number of halogens is 1. The topological polar surface area (TPSA) is 72.5 Å². The summed E-state index contributed by atoms with van der Waals surface area (Å²) < 4.78 is 17.7. The van der Waals surface area contributed by atoms with Crippen molar-refractivity contribution >= 4 is 17.7 Å². The number of rotatable bonds is 6. The average molecular weight is 343 g/mol. The standard InChI is InChI=1S/C19H18FNO4/c1-12-3-4-13(2)16(9-12)17(22)11-25-18(23)10-21-19(24)14-5-7-15(20)8-6-14/h3-9H,10-11H2,1-2H3,(H,21,24). The molecule has 0 saturated carbocycles. The van der Waals surface area contributed by atoms with Crippen LogP contribution >= 0.6 is 0 Å². The first-order chi connectivity index (χ1) is 11.9. The molecule has 5 nitrogen and oxygen atoms in total. The lowest BCUT2D eigenvalue weighted by Crippen LogP contribution is -2.31. The fraction of sp³-hybridized carbons (Fsp3) is 0.211. The number of carbonyl (C=O) groups excluding carboxylic acids is 3. The molecule has 0 aromatic heterocycles. The van der Waals surface area contributed by atoms with E-state index in [1.54, 1.807) is 13.0 Å². The van der Waals surface area contributed by atoms with Gasteiger partial charge in [0.2, 0.25) is 5.78 Å². The predicted molar refractivity (Wildman–Crippen MR) is 89.9 cm³/mol. The number of hydrogen-bond acceptors (Lipinski definition) is 4. The molecule has 0 atom stereocenters. The van der Waals surface area contributed by atoms with Crippen LogP contribution in [0.1, 0.15) is 31.8 Å². The molecule has 1 amide bonds. The normalized spacial score (nSPS) is 10.2. The van der Waals surface area contributed by atoms with Crippen LogP contribution in [0.3, 0.4) is 0 Å². The SMILES string of the molecule is Cc1ccc(C)c(C(=O)COC(=O)CNC(=O)c2ccc(F)cc2)c1. The van der Waals surface area contributed by atoms with Crippen molar-refractivity contribution < 1.29 is 23.5 Å². The number of ketones is 1. The first-order valence-electron chi connectivity index (χ1n) is 7.66. The third kappa shape index (κ3) is 5.24. The van der Waals surface area contributed by atoms with Crippen LogP contribution in [-0.4, -0.2) is 30.8 Å². The van der Waals surface area contributed by atoms with Crippen LogP contribution in [0.2, 0.25) is 0 Å². The first kappa shape index (κ1) is 18.3. The molecule has 130 valence electrons. The molecule has 0 spiro atoms. The molecule has 0 unspecified atom stereocenters. The Kier molecular flexibility index (Phi) is 6.00. The second-order valence-electron chi connectivity index (χ2n) is 5.59. The van der Waals surface area contributed by atoms with E-state index in [0.717, 1.165) is 23.3 Å². The Balaban J connectivity index is 1.82. The van der Waals surface area contributed by atoms with Crippen molar-refractivity contribution in [2.75, 3.05) is 13.2 Å². The zero-order chi connectivity index (χ0) is 18.4. The number of benzene rings is 2. The van der Waals surface area contributed by atoms with Crippen LogP contribution in [-0.2, 0) is 9.53 Å². The third-order valence-electron chi connectivity index (χ3n) is 3.56. The van der Waals surface area contributed by atoms with Gasteiger partial charge in [-0.3, -0.25) is 14.4 Å². The number of hydrogen-bond donors (Lipinski definition) is 1. The molecule has 2 rings (SSSR count). The van der Waals surface area contributed by atoms with Gasteiger partial charge < -0.3 is 10.1 Å². The molecule has 2 aromatic rings. The van der Waals surface area contributed by atoms with Crippen LogP contribution < -0.4 is 5.32 Å². The average Bonchev–Trinajstić information content (AvgIpc) is 2.60. The first-order valence-corrected chi connectivity index (χ1v) is 7.66. The van der Waals surface area contributed by atoms with E-state index in [0.29, 0.717) is 5.56 Å². The molecule has 0 aliphatic heterocycles. The second kappa shape index (κ2) is 8.19. The number of esters is 1. The third-order valence-corrected chi connectivity index (χ3v) is 3.56. The molecule has 2 aromatic carbocycles. The molecule has 1 N–H and O–H groups in total. The maximum absolute atomic E-state index is 12.8. The largest absolute Gasteiger partial charge is 0.456 e. The van der Waals surface area contributed by atoms with Gasteiger partial charge in [0.1, 0.15) is 12.4 Å². The van der Waals surface area contributed by atoms with Crippen LogP contribution in [0, 0.1) is 19.7 Å². The molecule has 0 saturated heterocycles. The fourth-order valence-electron chi connectivity index (χ4n) is 2.17. The number of carbonyl (C=O) groups is 3. The highest BCUT2D eigenvalue weighted by Gasteiger charge is 2.13. The van der Waals surface area contributed by atoms with Gasteiger partial charge >= 0.3 is 5.97 Å². The van der Waals surface area contributed by atoms with E-state index in [4.69, 9.17) is 4.74 Å². The van der Waals surface area contributed by atoms with Gasteiger partial charge in [-0.2, -0.15) is 0 Å². The second-order valence-corrected chi connectivity index (χ2v) is 5.59. The summed E-state index contributed by atoms with van der Waals surface area (Å²) in [6.45, 7) is 2.90. The monoisotopic (exact) mass is 343 g/mol. The molecule has 0 aliphatic carbocycles. The maximum atomic E-state index is 12.8. The van der Waals surface area contributed by atoms with E-state index in [2.05, 4.69) is 5.32 Å². The van der Waals surface area contributed by atoms with Gasteiger partial charge in [0.15, 0.2) is 6.61 Å². The van der Waals surface area contributed by atoms with E-state index in [1.807, 2.05) is 19.1 Å². The molecular formula is C19H18FNO4. The number of amides is 1. The van der Waals surface area contributed by atoms with Crippen molar-refractivity contribution in [3.63, 3.8) is 0 Å². The molecule has 6 heteroatoms. The van der Waals surface area contributed by atoms with Crippen molar-refractivity contribution in [3.8, 4) is 0 Å². The lowest BCUT2D eigenvalue weighted by molar-refractivity contribution is -0.141. The Morgan fingerprint density at radius 3 is 2.40 bits per heavy atom. The van der Waals surface area contributed by atoms with Crippen molar-refractivity contribution in [3.05, 3.63) is 70.5 Å². The number of nitrogens with one attached hydrogen (secondary N) is 1. The molecular weight excluding hydrogens is 325 g/mol. The summed E-state index contributed by atoms with van der Waals surface area (Å²) in [5.41, 5.74) is 2.46. The van der Waals surface area contributed by atoms with Crippen molar-refractivity contribution in [2.24, 2.45) is 0 Å². The lowest BCUT2D eigenvalue weighted by atomic mass is 10.0. The Morgan fingerprint density at radius 2 is 1.72 bits per heavy atom. The van der Waals surface area contributed by atoms with Crippen LogP contribution in [0.15, 0.2) is 42.5 Å². The Labute approximate surface area is 144 Å². The van der Waals surface area contributed by atoms with Gasteiger partial charge in [0.25, 0.3) is 5.91 Å². The van der Waals surface area contributed by atoms with Gasteiger partial charge in [-0.25, -0.2) is 4.39 Å². The number of Topliss-reactive ketones (excluding diaryl/α,β-unsaturated/α-hetero) is 1. The molecule has 0 radical (unpaired) electrons. The number of aryl methyl sites for hydroxylation is 2. The summed E-state index contributed by atoms with van der Waals surface area (Å²) in [6, 6.07) is 10.4. The quantitative estimate of drug-likeness (QED) is 0.646. The predicted octanol–water partition coefficient (Wildman–Crippen LogP) is 2.60. The van der Waals surface area contributed by atoms with Gasteiger partial charge in [0, 0.05) is 11.1 Å². The van der Waals surface area contributed by atoms with Crippen molar-refractivity contribution in [1.29, 1.82) is 0 Å². The summed E-state index contributed by atoms with van der Waals surface area (Å²) in [4.78, 5) is 35.6. The van der Waals surface area contributed by atoms with Crippen molar-refractivity contribution in [1.82, 2.24) is 5.32 Å². The van der Waals surface area contributed by atoms with Crippen LogP contribution in [0.25, 0.3) is 0 Å². The summed E-state index contributed by atoms with van der Waals surface area (Å²) in [6.07, 6.45) is 0. The van der Waals surface area contributed by atoms with Crippen LogP contribution in [0.5, 0.6) is 0 Å². The van der Waals surface area contributed by atoms with E-state index >= 15 is 0 Å². The van der Waals surface area contributed by atoms with E-state index in [1.165, 1.54) is 12.1 Å². The smallest absolute Gasteiger partial charge is 0.325 e. The van der Waals surface area contributed by atoms with Gasteiger partial charge in [-0.05, 0) is 49.7 Å². The minimum atomic E-state index is -0.728. The van der Waals surface area contributed by atoms with Gasteiger partial charge in [-0.15, -0.1) is 0 Å². The highest BCUT2D eigenvalue weighted by molar-refractivity contribution is 6.00. The highest BCUT2D eigenvalue weighted by Crippen LogP contribution is 2.11.